The normalized spacial score (nSPS) is 10.5. The van der Waals surface area contributed by atoms with Crippen molar-refractivity contribution in [1.82, 2.24) is 10.1 Å². The Hall–Kier alpha value is -1.84. The molecule has 1 heterocycles. The first-order valence-electron chi connectivity index (χ1n) is 4.88. The number of aryl methyl sites for hydroxylation is 1. The van der Waals surface area contributed by atoms with Crippen LogP contribution < -0.4 is 0 Å². The molecule has 1 N–H and O–H groups in total. The lowest BCUT2D eigenvalue weighted by Crippen LogP contribution is -1.89. The molecule has 2 aromatic rings. The van der Waals surface area contributed by atoms with Crippen LogP contribution in [0.25, 0.3) is 0 Å². The average molecular weight is 204 g/mol. The van der Waals surface area contributed by atoms with Gasteiger partial charge in [-0.25, -0.2) is 0 Å². The highest BCUT2D eigenvalue weighted by Gasteiger charge is 2.07. The van der Waals surface area contributed by atoms with Crippen molar-refractivity contribution in [1.29, 1.82) is 0 Å². The SMILES string of the molecule is CCc1noc(Cc2ccccc2O)n1. The van der Waals surface area contributed by atoms with Crippen molar-refractivity contribution in [3.8, 4) is 5.75 Å². The first kappa shape index (κ1) is 9.71. The van der Waals surface area contributed by atoms with Crippen molar-refractivity contribution in [2.75, 3.05) is 0 Å². The Labute approximate surface area is 87.6 Å². The molecule has 0 saturated heterocycles. The van der Waals surface area contributed by atoms with Gasteiger partial charge in [0.1, 0.15) is 5.75 Å². The predicted molar refractivity (Wildman–Crippen MR) is 54.6 cm³/mol. The zero-order chi connectivity index (χ0) is 10.7. The number of benzene rings is 1. The molecule has 15 heavy (non-hydrogen) atoms. The Bertz CT molecular complexity index is 451. The molecule has 0 spiro atoms. The number of hydrogen-bond acceptors (Lipinski definition) is 4. The molecular formula is C11H12N2O2. The molecule has 78 valence electrons. The average Bonchev–Trinajstić information content (AvgIpc) is 2.69. The summed E-state index contributed by atoms with van der Waals surface area (Å²) in [7, 11) is 0. The molecule has 0 aliphatic heterocycles. The van der Waals surface area contributed by atoms with E-state index >= 15 is 0 Å². The maximum atomic E-state index is 9.55. The topological polar surface area (TPSA) is 59.2 Å². The lowest BCUT2D eigenvalue weighted by atomic mass is 10.1. The second kappa shape index (κ2) is 4.13. The molecule has 0 amide bonds. The van der Waals surface area contributed by atoms with Crippen molar-refractivity contribution in [2.24, 2.45) is 0 Å². The molecular weight excluding hydrogens is 192 g/mol. The Morgan fingerprint density at radius 3 is 2.80 bits per heavy atom. The largest absolute Gasteiger partial charge is 0.508 e. The van der Waals surface area contributed by atoms with Gasteiger partial charge in [0.2, 0.25) is 5.89 Å². The summed E-state index contributed by atoms with van der Waals surface area (Å²) in [4.78, 5) is 4.18. The Morgan fingerprint density at radius 2 is 2.13 bits per heavy atom. The first-order valence-corrected chi connectivity index (χ1v) is 4.88. The van der Waals surface area contributed by atoms with Gasteiger partial charge >= 0.3 is 0 Å². The van der Waals surface area contributed by atoms with E-state index in [9.17, 15) is 5.11 Å². The number of para-hydroxylation sites is 1. The highest BCUT2D eigenvalue weighted by molar-refractivity contribution is 5.33. The van der Waals surface area contributed by atoms with Crippen molar-refractivity contribution in [3.05, 3.63) is 41.5 Å². The molecule has 0 bridgehead atoms. The van der Waals surface area contributed by atoms with Gasteiger partial charge in [0.25, 0.3) is 0 Å². The van der Waals surface area contributed by atoms with Crippen LogP contribution in [-0.2, 0) is 12.8 Å². The zero-order valence-electron chi connectivity index (χ0n) is 8.47. The van der Waals surface area contributed by atoms with Gasteiger partial charge in [0.15, 0.2) is 5.82 Å². The fraction of sp³-hybridized carbons (Fsp3) is 0.273. The summed E-state index contributed by atoms with van der Waals surface area (Å²) in [5, 5.41) is 13.3. The molecule has 0 saturated carbocycles. The van der Waals surface area contributed by atoms with E-state index in [1.165, 1.54) is 0 Å². The molecule has 1 aromatic heterocycles. The maximum Gasteiger partial charge on any atom is 0.231 e. The van der Waals surface area contributed by atoms with Crippen LogP contribution >= 0.6 is 0 Å². The van der Waals surface area contributed by atoms with Crippen LogP contribution in [0.15, 0.2) is 28.8 Å². The quantitative estimate of drug-likeness (QED) is 0.829. The number of aromatic hydroxyl groups is 1. The molecule has 4 heteroatoms. The smallest absolute Gasteiger partial charge is 0.231 e. The molecule has 0 atom stereocenters. The van der Waals surface area contributed by atoms with Crippen LogP contribution in [0.5, 0.6) is 5.75 Å². The van der Waals surface area contributed by atoms with Crippen LogP contribution in [0.2, 0.25) is 0 Å². The standard InChI is InChI=1S/C11H12N2O2/c1-2-10-12-11(15-13-10)7-8-5-3-4-6-9(8)14/h3-6,14H,2,7H2,1H3. The summed E-state index contributed by atoms with van der Waals surface area (Å²) in [6, 6.07) is 7.13. The zero-order valence-corrected chi connectivity index (χ0v) is 8.47. The fourth-order valence-electron chi connectivity index (χ4n) is 1.33. The van der Waals surface area contributed by atoms with Crippen LogP contribution in [0, 0.1) is 0 Å². The van der Waals surface area contributed by atoms with Crippen molar-refractivity contribution in [2.45, 2.75) is 19.8 Å². The Balaban J connectivity index is 2.18. The van der Waals surface area contributed by atoms with Crippen molar-refractivity contribution in [3.63, 3.8) is 0 Å². The number of nitrogens with zero attached hydrogens (tertiary/aromatic N) is 2. The fourth-order valence-corrected chi connectivity index (χ4v) is 1.33. The molecule has 0 fully saturated rings. The van der Waals surface area contributed by atoms with E-state index < -0.39 is 0 Å². The van der Waals surface area contributed by atoms with Gasteiger partial charge < -0.3 is 9.63 Å². The minimum atomic E-state index is 0.258. The molecule has 0 aliphatic carbocycles. The monoisotopic (exact) mass is 204 g/mol. The van der Waals surface area contributed by atoms with Crippen LogP contribution in [-0.4, -0.2) is 15.2 Å². The van der Waals surface area contributed by atoms with Gasteiger partial charge in [-0.05, 0) is 6.07 Å². The molecule has 0 unspecified atom stereocenters. The number of phenolic OH excluding ortho intramolecular Hbond substituents is 1. The van der Waals surface area contributed by atoms with Gasteiger partial charge in [0.05, 0.1) is 6.42 Å². The summed E-state index contributed by atoms with van der Waals surface area (Å²) in [6.45, 7) is 1.97. The third kappa shape index (κ3) is 2.15. The van der Waals surface area contributed by atoms with E-state index in [4.69, 9.17) is 4.52 Å². The van der Waals surface area contributed by atoms with Crippen LogP contribution in [0.1, 0.15) is 24.2 Å². The van der Waals surface area contributed by atoms with E-state index in [2.05, 4.69) is 10.1 Å². The highest BCUT2D eigenvalue weighted by Crippen LogP contribution is 2.18. The maximum absolute atomic E-state index is 9.55. The summed E-state index contributed by atoms with van der Waals surface area (Å²) >= 11 is 0. The van der Waals surface area contributed by atoms with Gasteiger partial charge in [-0.3, -0.25) is 0 Å². The second-order valence-corrected chi connectivity index (χ2v) is 3.26. The Morgan fingerprint density at radius 1 is 1.33 bits per heavy atom. The van der Waals surface area contributed by atoms with Gasteiger partial charge in [-0.15, -0.1) is 0 Å². The van der Waals surface area contributed by atoms with Crippen molar-refractivity contribution >= 4 is 0 Å². The summed E-state index contributed by atoms with van der Waals surface area (Å²) in [5.74, 6) is 1.49. The van der Waals surface area contributed by atoms with E-state index in [0.717, 1.165) is 12.0 Å². The highest BCUT2D eigenvalue weighted by atomic mass is 16.5. The van der Waals surface area contributed by atoms with Crippen LogP contribution in [0.3, 0.4) is 0 Å². The number of aromatic nitrogens is 2. The molecule has 0 radical (unpaired) electrons. The third-order valence-corrected chi connectivity index (χ3v) is 2.16. The van der Waals surface area contributed by atoms with Gasteiger partial charge in [-0.2, -0.15) is 4.98 Å². The van der Waals surface area contributed by atoms with Crippen LogP contribution in [0.4, 0.5) is 0 Å². The molecule has 0 aliphatic rings. The van der Waals surface area contributed by atoms with E-state index in [0.29, 0.717) is 18.1 Å². The van der Waals surface area contributed by atoms with Gasteiger partial charge in [-0.1, -0.05) is 30.3 Å². The minimum absolute atomic E-state index is 0.258. The second-order valence-electron chi connectivity index (χ2n) is 3.26. The lowest BCUT2D eigenvalue weighted by Gasteiger charge is -1.99. The molecule has 2 rings (SSSR count). The first-order chi connectivity index (χ1) is 7.29. The number of rotatable bonds is 3. The summed E-state index contributed by atoms with van der Waals surface area (Å²) in [6.07, 6.45) is 1.23. The summed E-state index contributed by atoms with van der Waals surface area (Å²) < 4.78 is 5.04. The van der Waals surface area contributed by atoms with Crippen molar-refractivity contribution < 1.29 is 9.63 Å². The lowest BCUT2D eigenvalue weighted by molar-refractivity contribution is 0.377. The number of hydrogen-bond donors (Lipinski definition) is 1. The van der Waals surface area contributed by atoms with Gasteiger partial charge in [0, 0.05) is 12.0 Å². The molecule has 4 nitrogen and oxygen atoms in total. The number of phenols is 1. The predicted octanol–water partition coefficient (Wildman–Crippen LogP) is 1.93. The summed E-state index contributed by atoms with van der Waals surface area (Å²) in [5.41, 5.74) is 0.795. The minimum Gasteiger partial charge on any atom is -0.508 e. The van der Waals surface area contributed by atoms with E-state index in [1.807, 2.05) is 19.1 Å². The van der Waals surface area contributed by atoms with E-state index in [-0.39, 0.29) is 5.75 Å². The third-order valence-electron chi connectivity index (χ3n) is 2.16. The van der Waals surface area contributed by atoms with E-state index in [1.54, 1.807) is 12.1 Å². The Kier molecular flexibility index (Phi) is 2.67. The molecule has 1 aromatic carbocycles.